The van der Waals surface area contributed by atoms with E-state index in [4.69, 9.17) is 21.1 Å². The van der Waals surface area contributed by atoms with E-state index in [-0.39, 0.29) is 16.6 Å². The summed E-state index contributed by atoms with van der Waals surface area (Å²) < 4.78 is 26.4. The molecule has 40 heavy (non-hydrogen) atoms. The largest absolute Gasteiger partial charge is 0.493 e. The minimum atomic E-state index is -0.542. The van der Waals surface area contributed by atoms with Crippen LogP contribution in [0.15, 0.2) is 36.7 Å². The number of aromatic nitrogens is 2. The summed E-state index contributed by atoms with van der Waals surface area (Å²) >= 11 is 5.96. The van der Waals surface area contributed by atoms with Crippen LogP contribution < -0.4 is 14.8 Å². The van der Waals surface area contributed by atoms with Crippen molar-refractivity contribution in [2.24, 2.45) is 5.92 Å². The number of nitrogens with zero attached hydrogens (tertiary/aromatic N) is 4. The summed E-state index contributed by atoms with van der Waals surface area (Å²) in [6, 6.07) is 8.89. The second-order valence-corrected chi connectivity index (χ2v) is 11.1. The van der Waals surface area contributed by atoms with E-state index in [0.717, 1.165) is 58.2 Å². The third kappa shape index (κ3) is 6.41. The Bertz CT molecular complexity index is 1330. The minimum absolute atomic E-state index is 0.0320. The van der Waals surface area contributed by atoms with Gasteiger partial charge in [-0.2, -0.15) is 0 Å². The van der Waals surface area contributed by atoms with Crippen molar-refractivity contribution in [3.8, 4) is 11.5 Å². The monoisotopic (exact) mass is 569 g/mol. The highest BCUT2D eigenvalue weighted by Crippen LogP contribution is 2.37. The molecule has 1 aromatic heterocycles. The van der Waals surface area contributed by atoms with Gasteiger partial charge < -0.3 is 19.7 Å². The molecule has 8 nitrogen and oxygen atoms in total. The van der Waals surface area contributed by atoms with Gasteiger partial charge in [0.05, 0.1) is 36.5 Å². The first-order valence-electron chi connectivity index (χ1n) is 14.1. The number of amides is 1. The van der Waals surface area contributed by atoms with Crippen molar-refractivity contribution in [3.63, 3.8) is 0 Å². The number of unbranched alkanes of at least 4 members (excludes halogenated alkanes) is 1. The maximum Gasteiger partial charge on any atom is 0.236 e. The standard InChI is InChI=1S/C30H37ClFN5O3/c1-3-4-12-36-13-14-37(17-28(36)38)21-10-8-20(9-11-21)18-40-27-15-22-25(16-26(27)39-2)33-19-34-30(22)35-24-7-5-6-23(31)29(24)32/h5-7,15-16,19-21H,3-4,8-14,17-18H2,1-2H3,(H,33,34,35). The van der Waals surface area contributed by atoms with Crippen molar-refractivity contribution in [2.75, 3.05) is 45.2 Å². The Balaban J connectivity index is 1.21. The fraction of sp³-hybridized carbons (Fsp3) is 0.500. The second-order valence-electron chi connectivity index (χ2n) is 10.7. The molecule has 214 valence electrons. The van der Waals surface area contributed by atoms with Gasteiger partial charge in [-0.25, -0.2) is 14.4 Å². The quantitative estimate of drug-likeness (QED) is 0.318. The lowest BCUT2D eigenvalue weighted by Crippen LogP contribution is -2.54. The Morgan fingerprint density at radius 1 is 1.12 bits per heavy atom. The van der Waals surface area contributed by atoms with Crippen LogP contribution in [0.3, 0.4) is 0 Å². The lowest BCUT2D eigenvalue weighted by Gasteiger charge is -2.41. The van der Waals surface area contributed by atoms with Crippen LogP contribution >= 0.6 is 11.6 Å². The molecule has 0 unspecified atom stereocenters. The summed E-state index contributed by atoms with van der Waals surface area (Å²) in [6.07, 6.45) is 7.84. The maximum absolute atomic E-state index is 14.5. The summed E-state index contributed by atoms with van der Waals surface area (Å²) in [5.74, 6) is 1.77. The van der Waals surface area contributed by atoms with E-state index in [1.807, 2.05) is 11.0 Å². The molecule has 2 aliphatic rings. The van der Waals surface area contributed by atoms with Gasteiger partial charge in [0, 0.05) is 37.1 Å². The van der Waals surface area contributed by atoms with Crippen LogP contribution in [-0.2, 0) is 4.79 Å². The molecule has 1 saturated heterocycles. The molecule has 0 bridgehead atoms. The predicted molar refractivity (Wildman–Crippen MR) is 155 cm³/mol. The molecule has 1 aliphatic carbocycles. The van der Waals surface area contributed by atoms with E-state index < -0.39 is 5.82 Å². The zero-order valence-corrected chi connectivity index (χ0v) is 23.9. The molecule has 0 radical (unpaired) electrons. The van der Waals surface area contributed by atoms with Gasteiger partial charge in [0.15, 0.2) is 17.3 Å². The lowest BCUT2D eigenvalue weighted by atomic mass is 9.85. The molecule has 1 saturated carbocycles. The molecule has 0 atom stereocenters. The molecule has 2 heterocycles. The number of rotatable bonds is 10. The van der Waals surface area contributed by atoms with E-state index >= 15 is 0 Å². The third-order valence-electron chi connectivity index (χ3n) is 8.06. The van der Waals surface area contributed by atoms with Gasteiger partial charge in [0.25, 0.3) is 0 Å². The van der Waals surface area contributed by atoms with Gasteiger partial charge in [0.1, 0.15) is 12.1 Å². The Morgan fingerprint density at radius 2 is 1.95 bits per heavy atom. The van der Waals surface area contributed by atoms with Crippen LogP contribution in [0.4, 0.5) is 15.9 Å². The van der Waals surface area contributed by atoms with Gasteiger partial charge in [-0.15, -0.1) is 0 Å². The number of carbonyl (C=O) groups excluding carboxylic acids is 1. The number of hydrogen-bond acceptors (Lipinski definition) is 7. The van der Waals surface area contributed by atoms with Crippen molar-refractivity contribution in [2.45, 2.75) is 51.5 Å². The first kappa shape index (κ1) is 28.4. The molecule has 5 rings (SSSR count). The van der Waals surface area contributed by atoms with Crippen LogP contribution in [0.1, 0.15) is 45.4 Å². The lowest BCUT2D eigenvalue weighted by molar-refractivity contribution is -0.137. The molecule has 0 spiro atoms. The normalized spacial score (nSPS) is 20.1. The number of benzene rings is 2. The summed E-state index contributed by atoms with van der Waals surface area (Å²) in [5.41, 5.74) is 0.876. The van der Waals surface area contributed by atoms with E-state index in [1.54, 1.807) is 25.3 Å². The Morgan fingerprint density at radius 3 is 2.70 bits per heavy atom. The molecule has 3 aromatic rings. The number of fused-ring (bicyclic) bond motifs is 1. The average Bonchev–Trinajstić information content (AvgIpc) is 2.97. The fourth-order valence-electron chi connectivity index (χ4n) is 5.67. The number of hydrogen-bond donors (Lipinski definition) is 1. The van der Waals surface area contributed by atoms with Gasteiger partial charge >= 0.3 is 0 Å². The molecule has 1 aliphatic heterocycles. The van der Waals surface area contributed by atoms with E-state index in [9.17, 15) is 9.18 Å². The SMILES string of the molecule is CCCCN1CCN(C2CCC(COc3cc4c(Nc5cccc(Cl)c5F)ncnc4cc3OC)CC2)CC1=O. The van der Waals surface area contributed by atoms with Crippen molar-refractivity contribution < 1.29 is 18.7 Å². The first-order chi connectivity index (χ1) is 19.5. The maximum atomic E-state index is 14.5. The van der Waals surface area contributed by atoms with Crippen molar-refractivity contribution in [3.05, 3.63) is 47.5 Å². The predicted octanol–water partition coefficient (Wildman–Crippen LogP) is 6.06. The van der Waals surface area contributed by atoms with Gasteiger partial charge in [-0.3, -0.25) is 9.69 Å². The topological polar surface area (TPSA) is 79.8 Å². The van der Waals surface area contributed by atoms with Crippen molar-refractivity contribution >= 4 is 39.9 Å². The third-order valence-corrected chi connectivity index (χ3v) is 8.35. The molecule has 1 N–H and O–H groups in total. The summed E-state index contributed by atoms with van der Waals surface area (Å²) in [4.78, 5) is 25.7. The highest BCUT2D eigenvalue weighted by Gasteiger charge is 2.31. The van der Waals surface area contributed by atoms with Crippen LogP contribution in [0.5, 0.6) is 11.5 Å². The summed E-state index contributed by atoms with van der Waals surface area (Å²) in [5, 5.41) is 3.76. The number of ether oxygens (including phenoxy) is 2. The average molecular weight is 570 g/mol. The smallest absolute Gasteiger partial charge is 0.236 e. The minimum Gasteiger partial charge on any atom is -0.493 e. The zero-order chi connectivity index (χ0) is 28.1. The molecule has 1 amide bonds. The molecule has 10 heteroatoms. The van der Waals surface area contributed by atoms with Gasteiger partial charge in [-0.05, 0) is 56.2 Å². The van der Waals surface area contributed by atoms with Crippen molar-refractivity contribution in [1.82, 2.24) is 19.8 Å². The Labute approximate surface area is 239 Å². The highest BCUT2D eigenvalue weighted by atomic mass is 35.5. The number of halogens is 2. The summed E-state index contributed by atoms with van der Waals surface area (Å²) in [6.45, 7) is 5.96. The second kappa shape index (κ2) is 13.0. The van der Waals surface area contributed by atoms with Crippen LogP contribution in [0, 0.1) is 11.7 Å². The number of anilines is 2. The number of carbonyl (C=O) groups is 1. The fourth-order valence-corrected chi connectivity index (χ4v) is 5.85. The zero-order valence-electron chi connectivity index (χ0n) is 23.2. The summed E-state index contributed by atoms with van der Waals surface area (Å²) in [7, 11) is 1.60. The highest BCUT2D eigenvalue weighted by molar-refractivity contribution is 6.31. The Kier molecular flexibility index (Phi) is 9.22. The van der Waals surface area contributed by atoms with E-state index in [0.29, 0.717) is 53.3 Å². The van der Waals surface area contributed by atoms with Crippen LogP contribution in [-0.4, -0.2) is 71.6 Å². The number of piperazine rings is 1. The van der Waals surface area contributed by atoms with Crippen molar-refractivity contribution in [1.29, 1.82) is 0 Å². The molecule has 2 aromatic carbocycles. The molecule has 2 fully saturated rings. The Hall–Kier alpha value is -3.17. The van der Waals surface area contributed by atoms with E-state index in [2.05, 4.69) is 27.1 Å². The molecular formula is C30H37ClFN5O3. The first-order valence-corrected chi connectivity index (χ1v) is 14.5. The molecular weight excluding hydrogens is 533 g/mol. The van der Waals surface area contributed by atoms with Crippen LogP contribution in [0.2, 0.25) is 5.02 Å². The van der Waals surface area contributed by atoms with Gasteiger partial charge in [-0.1, -0.05) is 31.0 Å². The number of methoxy groups -OCH3 is 1. The number of nitrogens with one attached hydrogen (secondary N) is 1. The van der Waals surface area contributed by atoms with E-state index in [1.165, 1.54) is 12.4 Å². The van der Waals surface area contributed by atoms with Gasteiger partial charge in [0.2, 0.25) is 5.91 Å². The van der Waals surface area contributed by atoms with Crippen LogP contribution in [0.25, 0.3) is 10.9 Å².